The highest BCUT2D eigenvalue weighted by atomic mass is 16.2. The van der Waals surface area contributed by atoms with Crippen LogP contribution >= 0.6 is 0 Å². The molecule has 0 spiro atoms. The van der Waals surface area contributed by atoms with Crippen LogP contribution in [0.4, 0.5) is 0 Å². The van der Waals surface area contributed by atoms with Crippen LogP contribution in [0.5, 0.6) is 0 Å². The first kappa shape index (κ1) is 21.1. The van der Waals surface area contributed by atoms with E-state index in [0.717, 1.165) is 72.3 Å². The number of hydrogen-bond acceptors (Lipinski definition) is 5. The van der Waals surface area contributed by atoms with Crippen molar-refractivity contribution in [2.24, 2.45) is 0 Å². The summed E-state index contributed by atoms with van der Waals surface area (Å²) in [5.41, 5.74) is 6.69. The van der Waals surface area contributed by atoms with Crippen molar-refractivity contribution in [3.8, 4) is 0 Å². The summed E-state index contributed by atoms with van der Waals surface area (Å²) in [6.07, 6.45) is 18.1. The third-order valence-corrected chi connectivity index (χ3v) is 7.07. The number of likely N-dealkylation sites (N-methyl/N-ethyl adjacent to an activating group) is 1. The molecule has 0 atom stereocenters. The van der Waals surface area contributed by atoms with Gasteiger partial charge in [0.25, 0.3) is 5.91 Å². The highest BCUT2D eigenvalue weighted by molar-refractivity contribution is 5.99. The number of carbonyl (C=O) groups is 1. The fourth-order valence-corrected chi connectivity index (χ4v) is 4.93. The van der Waals surface area contributed by atoms with E-state index >= 15 is 0 Å². The first-order valence-corrected chi connectivity index (χ1v) is 12.3. The molecule has 2 aromatic heterocycles. The summed E-state index contributed by atoms with van der Waals surface area (Å²) in [6, 6.07) is 2.07. The van der Waals surface area contributed by atoms with Crippen molar-refractivity contribution in [2.75, 3.05) is 32.7 Å². The number of aromatic nitrogens is 3. The average Bonchev–Trinajstić information content (AvgIpc) is 3.60. The van der Waals surface area contributed by atoms with Gasteiger partial charge in [0.15, 0.2) is 0 Å². The number of piperazine rings is 1. The summed E-state index contributed by atoms with van der Waals surface area (Å²) in [5, 5.41) is 4.81. The van der Waals surface area contributed by atoms with Gasteiger partial charge in [-0.1, -0.05) is 19.1 Å². The van der Waals surface area contributed by atoms with Gasteiger partial charge in [-0.3, -0.25) is 14.7 Å². The normalized spacial score (nSPS) is 23.7. The quantitative estimate of drug-likeness (QED) is 0.706. The molecule has 5 heterocycles. The highest BCUT2D eigenvalue weighted by Crippen LogP contribution is 2.41. The second kappa shape index (κ2) is 8.40. The zero-order chi connectivity index (χ0) is 23.2. The third kappa shape index (κ3) is 3.90. The maximum Gasteiger partial charge on any atom is 0.255 e. The SMILES string of the molecule is CCN1CCN(C2=CN3C(=O)/C=C(c4cc5c(C6CC6)nc(C)cn5n4)\C=C\C=C3C=C2)CC1. The topological polar surface area (TPSA) is 57.0 Å². The van der Waals surface area contributed by atoms with E-state index in [1.54, 1.807) is 11.0 Å². The molecule has 0 bridgehead atoms. The van der Waals surface area contributed by atoms with Crippen LogP contribution in [0, 0.1) is 6.92 Å². The Morgan fingerprint density at radius 1 is 1.06 bits per heavy atom. The highest BCUT2D eigenvalue weighted by Gasteiger charge is 2.29. The van der Waals surface area contributed by atoms with E-state index in [0.29, 0.717) is 5.92 Å². The fraction of sp³-hybridized carbons (Fsp3) is 0.370. The monoisotopic (exact) mass is 454 g/mol. The molecule has 174 valence electrons. The molecule has 0 unspecified atom stereocenters. The number of carbonyl (C=O) groups excluding carboxylic acids is 1. The largest absolute Gasteiger partial charge is 0.368 e. The summed E-state index contributed by atoms with van der Waals surface area (Å²) >= 11 is 0. The molecule has 0 aromatic carbocycles. The number of allylic oxidation sites excluding steroid dienone is 6. The molecule has 3 aliphatic heterocycles. The molecule has 34 heavy (non-hydrogen) atoms. The molecular weight excluding hydrogens is 424 g/mol. The minimum atomic E-state index is -0.0616. The van der Waals surface area contributed by atoms with Gasteiger partial charge in [-0.15, -0.1) is 0 Å². The molecule has 1 aliphatic carbocycles. The van der Waals surface area contributed by atoms with E-state index in [9.17, 15) is 4.79 Å². The van der Waals surface area contributed by atoms with E-state index < -0.39 is 0 Å². The minimum absolute atomic E-state index is 0.0616. The maximum atomic E-state index is 13.4. The van der Waals surface area contributed by atoms with E-state index in [1.807, 2.05) is 48.1 Å². The van der Waals surface area contributed by atoms with Crippen molar-refractivity contribution in [1.29, 1.82) is 0 Å². The Labute approximate surface area is 200 Å². The Morgan fingerprint density at radius 3 is 2.62 bits per heavy atom. The molecule has 7 heteroatoms. The first-order valence-electron chi connectivity index (χ1n) is 12.3. The Hall–Kier alpha value is -3.45. The zero-order valence-electron chi connectivity index (χ0n) is 19.8. The van der Waals surface area contributed by atoms with Crippen LogP contribution in [-0.4, -0.2) is 67.9 Å². The van der Waals surface area contributed by atoms with Gasteiger partial charge in [-0.05, 0) is 50.6 Å². The summed E-state index contributed by atoms with van der Waals surface area (Å²) in [6.45, 7) is 9.35. The van der Waals surface area contributed by atoms with Gasteiger partial charge in [-0.2, -0.15) is 5.10 Å². The molecule has 0 N–H and O–H groups in total. The summed E-state index contributed by atoms with van der Waals surface area (Å²) in [4.78, 5) is 24.7. The van der Waals surface area contributed by atoms with Crippen LogP contribution < -0.4 is 0 Å². The smallest absolute Gasteiger partial charge is 0.255 e. The van der Waals surface area contributed by atoms with Gasteiger partial charge in [0, 0.05) is 55.6 Å². The average molecular weight is 455 g/mol. The van der Waals surface area contributed by atoms with Crippen molar-refractivity contribution in [3.63, 3.8) is 0 Å². The van der Waals surface area contributed by atoms with Crippen molar-refractivity contribution < 1.29 is 4.79 Å². The van der Waals surface area contributed by atoms with Gasteiger partial charge in [-0.25, -0.2) is 4.52 Å². The van der Waals surface area contributed by atoms with Crippen molar-refractivity contribution in [1.82, 2.24) is 29.3 Å². The van der Waals surface area contributed by atoms with E-state index in [-0.39, 0.29) is 5.91 Å². The number of hydrogen-bond donors (Lipinski definition) is 0. The lowest BCUT2D eigenvalue weighted by Gasteiger charge is -2.37. The van der Waals surface area contributed by atoms with Crippen molar-refractivity contribution in [3.05, 3.63) is 83.4 Å². The Bertz CT molecular complexity index is 1300. The predicted molar refractivity (Wildman–Crippen MR) is 133 cm³/mol. The predicted octanol–water partition coefficient (Wildman–Crippen LogP) is 3.63. The molecule has 6 rings (SSSR count). The number of amides is 1. The van der Waals surface area contributed by atoms with Crippen LogP contribution in [0.25, 0.3) is 11.1 Å². The van der Waals surface area contributed by atoms with Gasteiger partial charge in [0.2, 0.25) is 0 Å². The number of aryl methyl sites for hydroxylation is 1. The fourth-order valence-electron chi connectivity index (χ4n) is 4.93. The lowest BCUT2D eigenvalue weighted by atomic mass is 10.1. The van der Waals surface area contributed by atoms with Gasteiger partial charge < -0.3 is 9.80 Å². The molecule has 1 saturated heterocycles. The molecule has 7 nitrogen and oxygen atoms in total. The second-order valence-corrected chi connectivity index (χ2v) is 9.47. The number of fused-ring (bicyclic) bond motifs is 2. The molecule has 0 radical (unpaired) electrons. The van der Waals surface area contributed by atoms with E-state index in [4.69, 9.17) is 10.1 Å². The number of nitrogens with zero attached hydrogens (tertiary/aromatic N) is 6. The number of rotatable bonds is 4. The maximum absolute atomic E-state index is 13.4. The molecule has 4 aliphatic rings. The lowest BCUT2D eigenvalue weighted by Crippen LogP contribution is -2.46. The third-order valence-electron chi connectivity index (χ3n) is 7.07. The van der Waals surface area contributed by atoms with Gasteiger partial charge in [0.05, 0.1) is 34.5 Å². The molecule has 2 fully saturated rings. The van der Waals surface area contributed by atoms with Crippen LogP contribution in [0.2, 0.25) is 0 Å². The van der Waals surface area contributed by atoms with Crippen LogP contribution in [0.3, 0.4) is 0 Å². The molecule has 1 amide bonds. The van der Waals surface area contributed by atoms with E-state index in [1.165, 1.54) is 12.8 Å². The van der Waals surface area contributed by atoms with Gasteiger partial charge >= 0.3 is 0 Å². The molecule has 2 aromatic rings. The second-order valence-electron chi connectivity index (χ2n) is 9.47. The van der Waals surface area contributed by atoms with Crippen molar-refractivity contribution >= 4 is 17.0 Å². The zero-order valence-corrected chi connectivity index (χ0v) is 19.8. The van der Waals surface area contributed by atoms with Gasteiger partial charge in [0.1, 0.15) is 0 Å². The van der Waals surface area contributed by atoms with Crippen molar-refractivity contribution in [2.45, 2.75) is 32.6 Å². The van der Waals surface area contributed by atoms with Crippen LogP contribution in [0.1, 0.15) is 42.8 Å². The summed E-state index contributed by atoms with van der Waals surface area (Å²) in [7, 11) is 0. The standard InChI is InChI=1S/C27H30N6O/c1-3-30-11-13-31(14-12-30)23-10-9-22-6-4-5-21(15-26(34)32(22)18-23)24-16-25-27(20-7-8-20)28-19(2)17-33(25)29-24/h4-6,9-10,15-18,20H,3,7-8,11-14H2,1-2H3/b5-4+,21-15+,22-6?. The summed E-state index contributed by atoms with van der Waals surface area (Å²) < 4.78 is 1.92. The van der Waals surface area contributed by atoms with Crippen LogP contribution in [-0.2, 0) is 4.79 Å². The molecular formula is C27H30N6O. The van der Waals surface area contributed by atoms with E-state index in [2.05, 4.69) is 28.9 Å². The first-order chi connectivity index (χ1) is 16.6. The molecule has 1 saturated carbocycles. The van der Waals surface area contributed by atoms with Crippen LogP contribution in [0.15, 0.2) is 66.3 Å². The Balaban J connectivity index is 1.31. The summed E-state index contributed by atoms with van der Waals surface area (Å²) in [5.74, 6) is 0.470. The Kier molecular flexibility index (Phi) is 5.21. The Morgan fingerprint density at radius 2 is 1.85 bits per heavy atom. The minimum Gasteiger partial charge on any atom is -0.368 e. The lowest BCUT2D eigenvalue weighted by molar-refractivity contribution is -0.122.